The van der Waals surface area contributed by atoms with Gasteiger partial charge in [-0.1, -0.05) is 24.3 Å². The van der Waals surface area contributed by atoms with E-state index >= 15 is 0 Å². The molecule has 2 heterocycles. The highest BCUT2D eigenvalue weighted by molar-refractivity contribution is 7.83. The molecule has 1 aromatic heterocycles. The monoisotopic (exact) mass is 275 g/mol. The molecular weight excluding hydrogens is 258 g/mol. The van der Waals surface area contributed by atoms with Crippen LogP contribution in [0.2, 0.25) is 0 Å². The largest absolute Gasteiger partial charge is 0.383 e. The number of aromatic nitrogens is 1. The highest BCUT2D eigenvalue weighted by Crippen LogP contribution is 2.33. The van der Waals surface area contributed by atoms with Crippen molar-refractivity contribution < 1.29 is 4.21 Å². The van der Waals surface area contributed by atoms with Gasteiger partial charge in [0.05, 0.1) is 5.75 Å². The second-order valence-electron chi connectivity index (χ2n) is 4.90. The van der Waals surface area contributed by atoms with Gasteiger partial charge in [-0.2, -0.15) is 0 Å². The molecule has 19 heavy (non-hydrogen) atoms. The Balaban J connectivity index is 2.22. The maximum Gasteiger partial charge on any atom is 0.138 e. The topological polar surface area (TPSA) is 59.2 Å². The minimum absolute atomic E-state index is 0.458. The summed E-state index contributed by atoms with van der Waals surface area (Å²) in [5.41, 5.74) is 6.98. The standard InChI is InChI=1S/C14H17N3OS/c1-19(18)9-12-10-5-2-3-6-11(10)14(16-13(12)15)17-7-4-8-17/h2-3,5-6H,4,7-9H2,1H3,(H2,15,16). The van der Waals surface area contributed by atoms with E-state index in [9.17, 15) is 4.21 Å². The number of pyridine rings is 1. The summed E-state index contributed by atoms with van der Waals surface area (Å²) in [7, 11) is -0.922. The van der Waals surface area contributed by atoms with E-state index in [4.69, 9.17) is 5.73 Å². The summed E-state index contributed by atoms with van der Waals surface area (Å²) >= 11 is 0. The first-order chi connectivity index (χ1) is 9.16. The Morgan fingerprint density at radius 1 is 1.32 bits per heavy atom. The number of nitrogens with two attached hydrogens (primary N) is 1. The molecule has 5 heteroatoms. The Kier molecular flexibility index (Phi) is 3.14. The summed E-state index contributed by atoms with van der Waals surface area (Å²) in [5.74, 6) is 1.93. The Bertz CT molecular complexity index is 652. The van der Waals surface area contributed by atoms with E-state index in [2.05, 4.69) is 16.0 Å². The lowest BCUT2D eigenvalue weighted by Gasteiger charge is -2.33. The molecule has 1 aliphatic heterocycles. The molecule has 0 spiro atoms. The van der Waals surface area contributed by atoms with Gasteiger partial charge in [0.25, 0.3) is 0 Å². The third kappa shape index (κ3) is 2.18. The van der Waals surface area contributed by atoms with Crippen molar-refractivity contribution in [2.24, 2.45) is 0 Å². The van der Waals surface area contributed by atoms with Gasteiger partial charge in [0.15, 0.2) is 0 Å². The lowest BCUT2D eigenvalue weighted by molar-refractivity contribution is 0.612. The molecule has 0 bridgehead atoms. The molecular formula is C14H17N3OS. The van der Waals surface area contributed by atoms with Gasteiger partial charge in [-0.25, -0.2) is 4.98 Å². The van der Waals surface area contributed by atoms with Crippen LogP contribution in [0.15, 0.2) is 24.3 Å². The smallest absolute Gasteiger partial charge is 0.138 e. The number of hydrogen-bond donors (Lipinski definition) is 1. The average molecular weight is 275 g/mol. The van der Waals surface area contributed by atoms with Crippen molar-refractivity contribution in [1.29, 1.82) is 0 Å². The lowest BCUT2D eigenvalue weighted by atomic mass is 10.1. The fourth-order valence-electron chi connectivity index (χ4n) is 2.45. The van der Waals surface area contributed by atoms with Gasteiger partial charge in [-0.05, 0) is 11.8 Å². The third-order valence-electron chi connectivity index (χ3n) is 3.53. The summed E-state index contributed by atoms with van der Waals surface area (Å²) < 4.78 is 11.5. The van der Waals surface area contributed by atoms with Crippen molar-refractivity contribution in [2.45, 2.75) is 12.2 Å². The van der Waals surface area contributed by atoms with Crippen LogP contribution in [0.4, 0.5) is 11.6 Å². The number of fused-ring (bicyclic) bond motifs is 1. The van der Waals surface area contributed by atoms with Crippen LogP contribution in [0.1, 0.15) is 12.0 Å². The maximum atomic E-state index is 11.5. The van der Waals surface area contributed by atoms with Gasteiger partial charge in [0.2, 0.25) is 0 Å². The van der Waals surface area contributed by atoms with Crippen LogP contribution in [0.3, 0.4) is 0 Å². The molecule has 2 N–H and O–H groups in total. The predicted octanol–water partition coefficient (Wildman–Crippen LogP) is 1.91. The molecule has 0 amide bonds. The molecule has 0 aliphatic carbocycles. The molecule has 0 radical (unpaired) electrons. The minimum Gasteiger partial charge on any atom is -0.383 e. The fraction of sp³-hybridized carbons (Fsp3) is 0.357. The number of anilines is 2. The molecule has 1 unspecified atom stereocenters. The van der Waals surface area contributed by atoms with Crippen molar-refractivity contribution >= 4 is 33.2 Å². The van der Waals surface area contributed by atoms with Crippen LogP contribution in [-0.2, 0) is 16.6 Å². The summed E-state index contributed by atoms with van der Waals surface area (Å²) in [4.78, 5) is 6.79. The SMILES string of the molecule is CS(=O)Cc1c(N)nc(N2CCC2)c2ccccc12. The molecule has 3 rings (SSSR count). The van der Waals surface area contributed by atoms with E-state index in [0.29, 0.717) is 11.6 Å². The minimum atomic E-state index is -0.922. The van der Waals surface area contributed by atoms with Crippen molar-refractivity contribution in [3.05, 3.63) is 29.8 Å². The van der Waals surface area contributed by atoms with Crippen molar-refractivity contribution in [2.75, 3.05) is 30.0 Å². The quantitative estimate of drug-likeness (QED) is 0.929. The first kappa shape index (κ1) is 12.4. The van der Waals surface area contributed by atoms with Gasteiger partial charge in [0.1, 0.15) is 11.6 Å². The molecule has 1 saturated heterocycles. The van der Waals surface area contributed by atoms with E-state index in [1.165, 1.54) is 6.42 Å². The van der Waals surface area contributed by atoms with Gasteiger partial charge >= 0.3 is 0 Å². The number of hydrogen-bond acceptors (Lipinski definition) is 4. The van der Waals surface area contributed by atoms with Crippen molar-refractivity contribution in [3.8, 4) is 0 Å². The zero-order chi connectivity index (χ0) is 13.4. The van der Waals surface area contributed by atoms with Crippen molar-refractivity contribution in [1.82, 2.24) is 4.98 Å². The molecule has 1 aromatic carbocycles. The number of nitrogens with zero attached hydrogens (tertiary/aromatic N) is 2. The highest BCUT2D eigenvalue weighted by atomic mass is 32.2. The third-order valence-corrected chi connectivity index (χ3v) is 4.23. The summed E-state index contributed by atoms with van der Waals surface area (Å²) in [6.07, 6.45) is 2.90. The molecule has 4 nitrogen and oxygen atoms in total. The molecule has 1 aliphatic rings. The van der Waals surface area contributed by atoms with Crippen LogP contribution < -0.4 is 10.6 Å². The summed E-state index contributed by atoms with van der Waals surface area (Å²) in [6, 6.07) is 8.11. The van der Waals surface area contributed by atoms with Crippen LogP contribution in [-0.4, -0.2) is 28.5 Å². The fourth-order valence-corrected chi connectivity index (χ4v) is 3.15. The Hall–Kier alpha value is -1.62. The lowest BCUT2D eigenvalue weighted by Crippen LogP contribution is -2.38. The van der Waals surface area contributed by atoms with Crippen LogP contribution in [0.5, 0.6) is 0 Å². The number of rotatable bonds is 3. The Labute approximate surface area is 115 Å². The normalized spacial score (nSPS) is 16.4. The Morgan fingerprint density at radius 3 is 2.58 bits per heavy atom. The first-order valence-corrected chi connectivity index (χ1v) is 8.11. The zero-order valence-corrected chi connectivity index (χ0v) is 11.7. The molecule has 100 valence electrons. The summed E-state index contributed by atoms with van der Waals surface area (Å²) in [6.45, 7) is 2.07. The zero-order valence-electron chi connectivity index (χ0n) is 10.9. The highest BCUT2D eigenvalue weighted by Gasteiger charge is 2.21. The first-order valence-electron chi connectivity index (χ1n) is 6.39. The van der Waals surface area contributed by atoms with E-state index in [0.717, 1.165) is 35.2 Å². The van der Waals surface area contributed by atoms with Gasteiger partial charge in [0, 0.05) is 41.1 Å². The van der Waals surface area contributed by atoms with Gasteiger partial charge < -0.3 is 10.6 Å². The van der Waals surface area contributed by atoms with Crippen LogP contribution in [0, 0.1) is 0 Å². The molecule has 1 fully saturated rings. The van der Waals surface area contributed by atoms with Crippen LogP contribution in [0.25, 0.3) is 10.8 Å². The number of benzene rings is 1. The van der Waals surface area contributed by atoms with E-state index in [1.54, 1.807) is 6.26 Å². The predicted molar refractivity (Wildman–Crippen MR) is 80.8 cm³/mol. The average Bonchev–Trinajstić information content (AvgIpc) is 2.31. The van der Waals surface area contributed by atoms with Crippen molar-refractivity contribution in [3.63, 3.8) is 0 Å². The molecule has 1 atom stereocenters. The van der Waals surface area contributed by atoms with E-state index in [1.807, 2.05) is 18.2 Å². The maximum absolute atomic E-state index is 11.5. The second kappa shape index (κ2) is 4.81. The second-order valence-corrected chi connectivity index (χ2v) is 6.34. The van der Waals surface area contributed by atoms with Gasteiger partial charge in [-0.3, -0.25) is 4.21 Å². The molecule has 2 aromatic rings. The van der Waals surface area contributed by atoms with Crippen LogP contribution >= 0.6 is 0 Å². The molecule has 0 saturated carbocycles. The van der Waals surface area contributed by atoms with E-state index in [-0.39, 0.29) is 0 Å². The van der Waals surface area contributed by atoms with E-state index < -0.39 is 10.8 Å². The van der Waals surface area contributed by atoms with Gasteiger partial charge in [-0.15, -0.1) is 0 Å². The number of nitrogen functional groups attached to an aromatic ring is 1. The summed E-state index contributed by atoms with van der Waals surface area (Å²) in [5, 5.41) is 2.18. The Morgan fingerprint density at radius 2 is 2.00 bits per heavy atom.